The van der Waals surface area contributed by atoms with E-state index in [0.29, 0.717) is 23.7 Å². The molecule has 3 aromatic carbocycles. The van der Waals surface area contributed by atoms with E-state index in [0.717, 1.165) is 26.2 Å². The number of carboxylic acid groups (broad SMARTS) is 1. The van der Waals surface area contributed by atoms with Crippen molar-refractivity contribution in [3.63, 3.8) is 0 Å². The number of aromatic nitrogens is 1. The maximum absolute atomic E-state index is 13.5. The predicted molar refractivity (Wildman–Crippen MR) is 156 cm³/mol. The Morgan fingerprint density at radius 1 is 0.949 bits per heavy atom. The van der Waals surface area contributed by atoms with Crippen molar-refractivity contribution in [2.24, 2.45) is 11.8 Å². The Balaban J connectivity index is 1.30. The van der Waals surface area contributed by atoms with Crippen LogP contribution in [0.2, 0.25) is 0 Å². The van der Waals surface area contributed by atoms with Gasteiger partial charge in [-0.1, -0.05) is 59.9 Å². The first-order valence-corrected chi connectivity index (χ1v) is 14.3. The summed E-state index contributed by atoms with van der Waals surface area (Å²) in [4.78, 5) is 43.2. The monoisotopic (exact) mass is 557 g/mol. The number of hydrogen-bond acceptors (Lipinski definition) is 6. The fraction of sp³-hybridized carbons (Fsp3) is 0.200. The lowest BCUT2D eigenvalue weighted by Crippen LogP contribution is -2.34. The Morgan fingerprint density at radius 2 is 1.67 bits per heavy atom. The quantitative estimate of drug-likeness (QED) is 0.165. The van der Waals surface area contributed by atoms with Gasteiger partial charge in [-0.15, -0.1) is 11.8 Å². The molecule has 3 unspecified atom stereocenters. The molecule has 0 saturated heterocycles. The van der Waals surface area contributed by atoms with Crippen molar-refractivity contribution in [2.45, 2.75) is 29.9 Å². The highest BCUT2D eigenvalue weighted by molar-refractivity contribution is 8.00. The minimum atomic E-state index is -0.961. The van der Waals surface area contributed by atoms with Gasteiger partial charge < -0.3 is 15.7 Å². The summed E-state index contributed by atoms with van der Waals surface area (Å²) in [6.07, 6.45) is 4.42. The summed E-state index contributed by atoms with van der Waals surface area (Å²) in [6.45, 7) is 2.02. The van der Waals surface area contributed by atoms with Crippen LogP contribution in [0.15, 0.2) is 89.8 Å². The zero-order valence-electron chi connectivity index (χ0n) is 21.2. The van der Waals surface area contributed by atoms with Gasteiger partial charge >= 0.3 is 5.97 Å². The number of carboxylic acids is 1. The average molecular weight is 558 g/mol. The minimum absolute atomic E-state index is 0.176. The van der Waals surface area contributed by atoms with E-state index in [2.05, 4.69) is 21.7 Å². The molecular formula is C30H27N3O4S2. The topological polar surface area (TPSA) is 108 Å². The lowest BCUT2D eigenvalue weighted by Gasteiger charge is -2.24. The summed E-state index contributed by atoms with van der Waals surface area (Å²) in [5.41, 5.74) is 3.42. The van der Waals surface area contributed by atoms with Gasteiger partial charge in [-0.25, -0.2) is 4.98 Å². The molecule has 0 bridgehead atoms. The number of allylic oxidation sites excluding steroid dienone is 2. The number of nitrogens with one attached hydrogen (secondary N) is 2. The zero-order valence-corrected chi connectivity index (χ0v) is 22.8. The number of nitrogens with zero attached hydrogens (tertiary/aromatic N) is 1. The molecule has 5 rings (SSSR count). The molecule has 1 aliphatic carbocycles. The highest BCUT2D eigenvalue weighted by Crippen LogP contribution is 2.38. The van der Waals surface area contributed by atoms with E-state index in [9.17, 15) is 19.5 Å². The molecule has 0 fully saturated rings. The number of thioether (sulfide) groups is 1. The maximum atomic E-state index is 13.5. The number of amides is 2. The van der Waals surface area contributed by atoms with Crippen molar-refractivity contribution in [3.8, 4) is 0 Å². The number of fused-ring (bicyclic) bond motifs is 1. The van der Waals surface area contributed by atoms with Gasteiger partial charge in [0, 0.05) is 10.6 Å². The standard InChI is InChI=1S/C30H27N3O4S2/c1-18-11-16-24-25(17-18)39-30(32-24)33-28(35)26(19-7-3-2-4-8-19)38-21-14-12-20(13-15-21)31-27(34)22-9-5-6-10-23(22)29(36)37/h2-8,11-17,22-23,26H,9-10H2,1H3,(H,31,34)(H,36,37)(H,32,33,35). The van der Waals surface area contributed by atoms with Crippen LogP contribution in [0.1, 0.15) is 29.2 Å². The SMILES string of the molecule is Cc1ccc2nc(NC(=O)C(Sc3ccc(NC(=O)C4CC=CCC4C(=O)O)cc3)c3ccccc3)sc2c1. The Labute approximate surface area is 234 Å². The molecule has 198 valence electrons. The number of anilines is 2. The molecule has 0 saturated carbocycles. The first kappa shape index (κ1) is 26.6. The van der Waals surface area contributed by atoms with E-state index in [4.69, 9.17) is 0 Å². The van der Waals surface area contributed by atoms with Gasteiger partial charge in [0.1, 0.15) is 5.25 Å². The van der Waals surface area contributed by atoms with Crippen LogP contribution in [0, 0.1) is 18.8 Å². The van der Waals surface area contributed by atoms with Crippen LogP contribution in [0.25, 0.3) is 10.2 Å². The fourth-order valence-corrected chi connectivity index (χ4v) is 6.51. The van der Waals surface area contributed by atoms with Crippen molar-refractivity contribution in [2.75, 3.05) is 10.6 Å². The molecule has 7 nitrogen and oxygen atoms in total. The van der Waals surface area contributed by atoms with Gasteiger partial charge in [0.15, 0.2) is 5.13 Å². The molecule has 4 aromatic rings. The molecule has 1 aromatic heterocycles. The van der Waals surface area contributed by atoms with Gasteiger partial charge in [0.05, 0.1) is 22.1 Å². The Bertz CT molecular complexity index is 1530. The second kappa shape index (κ2) is 11.8. The zero-order chi connectivity index (χ0) is 27.4. The number of aliphatic carboxylic acids is 1. The van der Waals surface area contributed by atoms with Crippen molar-refractivity contribution >= 4 is 61.9 Å². The fourth-order valence-electron chi connectivity index (χ4n) is 4.52. The average Bonchev–Trinajstić information content (AvgIpc) is 3.34. The summed E-state index contributed by atoms with van der Waals surface area (Å²) in [5, 5.41) is 15.3. The van der Waals surface area contributed by atoms with Gasteiger partial charge in [-0.3, -0.25) is 14.4 Å². The molecule has 3 atom stereocenters. The van der Waals surface area contributed by atoms with Gasteiger partial charge in [0.25, 0.3) is 0 Å². The first-order chi connectivity index (χ1) is 18.9. The lowest BCUT2D eigenvalue weighted by atomic mass is 9.82. The summed E-state index contributed by atoms with van der Waals surface area (Å²) < 4.78 is 1.02. The third kappa shape index (κ3) is 6.38. The van der Waals surface area contributed by atoms with Crippen LogP contribution < -0.4 is 10.6 Å². The van der Waals surface area contributed by atoms with Crippen LogP contribution in [0.3, 0.4) is 0 Å². The third-order valence-corrected chi connectivity index (χ3v) is 8.78. The van der Waals surface area contributed by atoms with Gasteiger partial charge in [-0.05, 0) is 67.3 Å². The number of hydrogen-bond donors (Lipinski definition) is 3. The minimum Gasteiger partial charge on any atom is -0.481 e. The summed E-state index contributed by atoms with van der Waals surface area (Å²) in [5.74, 6) is -2.78. The smallest absolute Gasteiger partial charge is 0.307 e. The lowest BCUT2D eigenvalue weighted by molar-refractivity contribution is -0.146. The molecule has 9 heteroatoms. The normalized spacial score (nSPS) is 17.5. The number of aryl methyl sites for hydroxylation is 1. The molecule has 39 heavy (non-hydrogen) atoms. The first-order valence-electron chi connectivity index (χ1n) is 12.6. The second-order valence-corrected chi connectivity index (χ2v) is 11.6. The maximum Gasteiger partial charge on any atom is 0.307 e. The molecule has 1 heterocycles. The molecule has 0 radical (unpaired) electrons. The van der Waals surface area contributed by atoms with E-state index in [1.54, 1.807) is 12.1 Å². The number of carbonyl (C=O) groups is 3. The molecule has 2 amide bonds. The Hall–Kier alpha value is -3.95. The van der Waals surface area contributed by atoms with Crippen LogP contribution in [-0.4, -0.2) is 27.9 Å². The molecular weight excluding hydrogens is 530 g/mol. The largest absolute Gasteiger partial charge is 0.481 e. The van der Waals surface area contributed by atoms with Crippen LogP contribution >= 0.6 is 23.1 Å². The third-order valence-electron chi connectivity index (χ3n) is 6.58. The molecule has 0 spiro atoms. The number of benzene rings is 3. The highest BCUT2D eigenvalue weighted by Gasteiger charge is 2.34. The van der Waals surface area contributed by atoms with E-state index >= 15 is 0 Å². The van der Waals surface area contributed by atoms with Crippen molar-refractivity contribution in [1.29, 1.82) is 0 Å². The van der Waals surface area contributed by atoms with Crippen LogP contribution in [0.4, 0.5) is 10.8 Å². The van der Waals surface area contributed by atoms with Crippen molar-refractivity contribution < 1.29 is 19.5 Å². The number of thiazole rings is 1. The summed E-state index contributed by atoms with van der Waals surface area (Å²) in [6, 6.07) is 22.8. The predicted octanol–water partition coefficient (Wildman–Crippen LogP) is 6.68. The molecule has 3 N–H and O–H groups in total. The Kier molecular flexibility index (Phi) is 8.09. The molecule has 0 aliphatic heterocycles. The Morgan fingerprint density at radius 3 is 2.38 bits per heavy atom. The van der Waals surface area contributed by atoms with Crippen molar-refractivity contribution in [1.82, 2.24) is 4.98 Å². The molecule has 1 aliphatic rings. The summed E-state index contributed by atoms with van der Waals surface area (Å²) in [7, 11) is 0. The van der Waals surface area contributed by atoms with E-state index in [1.807, 2.05) is 73.7 Å². The second-order valence-electron chi connectivity index (χ2n) is 9.40. The van der Waals surface area contributed by atoms with Gasteiger partial charge in [-0.2, -0.15) is 0 Å². The van der Waals surface area contributed by atoms with E-state index in [1.165, 1.54) is 23.1 Å². The summed E-state index contributed by atoms with van der Waals surface area (Å²) >= 11 is 2.85. The highest BCUT2D eigenvalue weighted by atomic mass is 32.2. The van der Waals surface area contributed by atoms with Crippen molar-refractivity contribution in [3.05, 3.63) is 96.1 Å². The van der Waals surface area contributed by atoms with E-state index in [-0.39, 0.29) is 11.8 Å². The number of rotatable bonds is 8. The van der Waals surface area contributed by atoms with Crippen LogP contribution in [0.5, 0.6) is 0 Å². The number of carbonyl (C=O) groups excluding carboxylic acids is 2. The van der Waals surface area contributed by atoms with E-state index < -0.39 is 23.1 Å². The van der Waals surface area contributed by atoms with Crippen LogP contribution in [-0.2, 0) is 14.4 Å². The van der Waals surface area contributed by atoms with Gasteiger partial charge in [0.2, 0.25) is 11.8 Å².